The van der Waals surface area contributed by atoms with Crippen LogP contribution in [0.15, 0.2) is 24.3 Å². The standard InChI is InChI=1S/C9H11ClN2O2/c1-2-14-9(13)12-11-8-6-4-3-5-7(8)10/h3-6,11H,2H2,1H3,(H,12,13). The predicted molar refractivity (Wildman–Crippen MR) is 55.2 cm³/mol. The molecule has 0 aliphatic rings. The van der Waals surface area contributed by atoms with E-state index in [0.717, 1.165) is 0 Å². The van der Waals surface area contributed by atoms with Crippen molar-refractivity contribution in [2.24, 2.45) is 0 Å². The number of rotatable bonds is 3. The quantitative estimate of drug-likeness (QED) is 0.760. The molecule has 0 atom stereocenters. The predicted octanol–water partition coefficient (Wildman–Crippen LogP) is 2.41. The van der Waals surface area contributed by atoms with Gasteiger partial charge in [0.15, 0.2) is 0 Å². The van der Waals surface area contributed by atoms with E-state index >= 15 is 0 Å². The zero-order valence-corrected chi connectivity index (χ0v) is 8.47. The van der Waals surface area contributed by atoms with Crippen molar-refractivity contribution in [3.05, 3.63) is 29.3 Å². The van der Waals surface area contributed by atoms with E-state index in [2.05, 4.69) is 15.6 Å². The highest BCUT2D eigenvalue weighted by Gasteiger charge is 2.01. The lowest BCUT2D eigenvalue weighted by Gasteiger charge is -2.08. The molecular formula is C9H11ClN2O2. The number of hydrogen-bond donors (Lipinski definition) is 2. The summed E-state index contributed by atoms with van der Waals surface area (Å²) >= 11 is 5.83. The number of hydrazine groups is 1. The molecule has 2 N–H and O–H groups in total. The molecule has 1 amide bonds. The first-order chi connectivity index (χ1) is 6.74. The zero-order valence-electron chi connectivity index (χ0n) is 7.71. The van der Waals surface area contributed by atoms with Gasteiger partial charge in [-0.05, 0) is 19.1 Å². The van der Waals surface area contributed by atoms with Crippen LogP contribution >= 0.6 is 11.6 Å². The van der Waals surface area contributed by atoms with Crippen molar-refractivity contribution in [2.75, 3.05) is 12.0 Å². The third kappa shape index (κ3) is 3.14. The highest BCUT2D eigenvalue weighted by Crippen LogP contribution is 2.19. The number of para-hydroxylation sites is 1. The van der Waals surface area contributed by atoms with E-state index in [1.165, 1.54) is 0 Å². The largest absolute Gasteiger partial charge is 0.449 e. The van der Waals surface area contributed by atoms with Crippen LogP contribution in [-0.2, 0) is 4.74 Å². The smallest absolute Gasteiger partial charge is 0.425 e. The molecule has 0 saturated heterocycles. The minimum Gasteiger partial charge on any atom is -0.449 e. The summed E-state index contributed by atoms with van der Waals surface area (Å²) in [6.45, 7) is 2.06. The minimum atomic E-state index is -0.535. The Hall–Kier alpha value is -1.42. The van der Waals surface area contributed by atoms with Gasteiger partial charge in [-0.2, -0.15) is 0 Å². The molecular weight excluding hydrogens is 204 g/mol. The molecule has 1 aromatic carbocycles. The molecule has 0 heterocycles. The van der Waals surface area contributed by atoms with Gasteiger partial charge < -0.3 is 4.74 Å². The van der Waals surface area contributed by atoms with Gasteiger partial charge in [-0.1, -0.05) is 23.7 Å². The normalized spacial score (nSPS) is 9.29. The van der Waals surface area contributed by atoms with Crippen molar-refractivity contribution in [2.45, 2.75) is 6.92 Å². The van der Waals surface area contributed by atoms with E-state index in [0.29, 0.717) is 17.3 Å². The van der Waals surface area contributed by atoms with Gasteiger partial charge in [0, 0.05) is 0 Å². The third-order valence-electron chi connectivity index (χ3n) is 1.45. The van der Waals surface area contributed by atoms with Crippen LogP contribution in [0, 0.1) is 0 Å². The van der Waals surface area contributed by atoms with Crippen LogP contribution in [0.2, 0.25) is 5.02 Å². The Morgan fingerprint density at radius 1 is 1.50 bits per heavy atom. The topological polar surface area (TPSA) is 50.4 Å². The lowest BCUT2D eigenvalue weighted by molar-refractivity contribution is 0.154. The molecule has 0 aliphatic carbocycles. The summed E-state index contributed by atoms with van der Waals surface area (Å²) in [6, 6.07) is 7.07. The number of halogens is 1. The Morgan fingerprint density at radius 3 is 2.86 bits per heavy atom. The molecule has 0 bridgehead atoms. The monoisotopic (exact) mass is 214 g/mol. The van der Waals surface area contributed by atoms with Gasteiger partial charge in [0.25, 0.3) is 0 Å². The molecule has 1 aromatic rings. The molecule has 0 aliphatic heterocycles. The average Bonchev–Trinajstić information content (AvgIpc) is 2.17. The fourth-order valence-corrected chi connectivity index (χ4v) is 1.03. The first kappa shape index (κ1) is 10.7. The van der Waals surface area contributed by atoms with Crippen LogP contribution in [-0.4, -0.2) is 12.7 Å². The Morgan fingerprint density at radius 2 is 2.21 bits per heavy atom. The van der Waals surface area contributed by atoms with E-state index in [-0.39, 0.29) is 0 Å². The van der Waals surface area contributed by atoms with Crippen molar-refractivity contribution < 1.29 is 9.53 Å². The van der Waals surface area contributed by atoms with Crippen molar-refractivity contribution >= 4 is 23.4 Å². The summed E-state index contributed by atoms with van der Waals surface area (Å²) in [5, 5.41) is 0.532. The Balaban J connectivity index is 2.46. The van der Waals surface area contributed by atoms with Crippen molar-refractivity contribution in [3.8, 4) is 0 Å². The van der Waals surface area contributed by atoms with E-state index in [4.69, 9.17) is 11.6 Å². The number of benzene rings is 1. The number of nitrogens with one attached hydrogen (secondary N) is 2. The Bertz CT molecular complexity index is 317. The lowest BCUT2D eigenvalue weighted by atomic mass is 10.3. The second-order valence-electron chi connectivity index (χ2n) is 2.45. The Labute approximate surface area is 87.2 Å². The second-order valence-corrected chi connectivity index (χ2v) is 2.86. The van der Waals surface area contributed by atoms with Crippen LogP contribution in [0.4, 0.5) is 10.5 Å². The number of hydrogen-bond acceptors (Lipinski definition) is 3. The minimum absolute atomic E-state index is 0.329. The summed E-state index contributed by atoms with van der Waals surface area (Å²) in [4.78, 5) is 10.9. The summed E-state index contributed by atoms with van der Waals surface area (Å²) < 4.78 is 4.65. The lowest BCUT2D eigenvalue weighted by Crippen LogP contribution is -2.30. The average molecular weight is 215 g/mol. The summed E-state index contributed by atoms with van der Waals surface area (Å²) in [7, 11) is 0. The van der Waals surface area contributed by atoms with Gasteiger partial charge in [0.05, 0.1) is 17.3 Å². The second kappa shape index (κ2) is 5.34. The van der Waals surface area contributed by atoms with Crippen LogP contribution in [0.1, 0.15) is 6.92 Å². The van der Waals surface area contributed by atoms with E-state index in [1.807, 2.05) is 0 Å². The molecule has 0 spiro atoms. The highest BCUT2D eigenvalue weighted by molar-refractivity contribution is 6.33. The first-order valence-electron chi connectivity index (χ1n) is 4.17. The van der Waals surface area contributed by atoms with Crippen molar-refractivity contribution in [1.82, 2.24) is 5.43 Å². The Kier molecular flexibility index (Phi) is 4.07. The number of amides is 1. The maximum atomic E-state index is 10.9. The van der Waals surface area contributed by atoms with Gasteiger partial charge in [-0.15, -0.1) is 0 Å². The SMILES string of the molecule is CCOC(=O)NNc1ccccc1Cl. The van der Waals surface area contributed by atoms with E-state index in [9.17, 15) is 4.79 Å². The number of carbonyl (C=O) groups is 1. The van der Waals surface area contributed by atoms with Gasteiger partial charge in [0.1, 0.15) is 0 Å². The summed E-state index contributed by atoms with van der Waals surface area (Å²) in [6.07, 6.45) is -0.535. The maximum Gasteiger partial charge on any atom is 0.425 e. The van der Waals surface area contributed by atoms with E-state index < -0.39 is 6.09 Å². The first-order valence-corrected chi connectivity index (χ1v) is 4.55. The molecule has 76 valence electrons. The highest BCUT2D eigenvalue weighted by atomic mass is 35.5. The van der Waals surface area contributed by atoms with Crippen LogP contribution in [0.3, 0.4) is 0 Å². The molecule has 4 nitrogen and oxygen atoms in total. The molecule has 14 heavy (non-hydrogen) atoms. The van der Waals surface area contributed by atoms with Gasteiger partial charge in [-0.3, -0.25) is 5.43 Å². The summed E-state index contributed by atoms with van der Waals surface area (Å²) in [5.41, 5.74) is 5.61. The molecule has 0 unspecified atom stereocenters. The number of ether oxygens (including phenoxy) is 1. The fourth-order valence-electron chi connectivity index (χ4n) is 0.848. The molecule has 0 radical (unpaired) electrons. The third-order valence-corrected chi connectivity index (χ3v) is 1.78. The summed E-state index contributed by atoms with van der Waals surface area (Å²) in [5.74, 6) is 0. The number of carbonyl (C=O) groups excluding carboxylic acids is 1. The van der Waals surface area contributed by atoms with Crippen molar-refractivity contribution in [3.63, 3.8) is 0 Å². The van der Waals surface area contributed by atoms with Crippen LogP contribution in [0.5, 0.6) is 0 Å². The van der Waals surface area contributed by atoms with Gasteiger partial charge >= 0.3 is 6.09 Å². The van der Waals surface area contributed by atoms with Crippen LogP contribution < -0.4 is 10.9 Å². The molecule has 0 fully saturated rings. The van der Waals surface area contributed by atoms with Crippen molar-refractivity contribution in [1.29, 1.82) is 0 Å². The maximum absolute atomic E-state index is 10.9. The molecule has 5 heteroatoms. The van der Waals surface area contributed by atoms with Gasteiger partial charge in [0.2, 0.25) is 0 Å². The van der Waals surface area contributed by atoms with Crippen LogP contribution in [0.25, 0.3) is 0 Å². The van der Waals surface area contributed by atoms with E-state index in [1.54, 1.807) is 31.2 Å². The molecule has 1 rings (SSSR count). The fraction of sp³-hybridized carbons (Fsp3) is 0.222. The zero-order chi connectivity index (χ0) is 10.4. The molecule has 0 aromatic heterocycles. The number of anilines is 1. The molecule has 0 saturated carbocycles. The van der Waals surface area contributed by atoms with Gasteiger partial charge in [-0.25, -0.2) is 10.2 Å².